The third-order valence-corrected chi connectivity index (χ3v) is 4.67. The van der Waals surface area contributed by atoms with Crippen molar-refractivity contribution in [2.24, 2.45) is 5.73 Å². The summed E-state index contributed by atoms with van der Waals surface area (Å²) < 4.78 is 1.73. The smallest absolute Gasteiger partial charge is 0.257 e. The first kappa shape index (κ1) is 15.7. The summed E-state index contributed by atoms with van der Waals surface area (Å²) in [6.45, 7) is 6.19. The van der Waals surface area contributed by atoms with Gasteiger partial charge in [0.1, 0.15) is 0 Å². The molecule has 23 heavy (non-hydrogen) atoms. The molecule has 1 atom stereocenters. The van der Waals surface area contributed by atoms with Crippen molar-refractivity contribution in [3.63, 3.8) is 0 Å². The molecule has 0 bridgehead atoms. The molecule has 0 spiro atoms. The summed E-state index contributed by atoms with van der Waals surface area (Å²) in [5.41, 5.74) is 9.97. The summed E-state index contributed by atoms with van der Waals surface area (Å²) in [6.07, 6.45) is 5.50. The average molecular weight is 312 g/mol. The maximum Gasteiger partial charge on any atom is 0.257 e. The van der Waals surface area contributed by atoms with Crippen LogP contribution in [0.15, 0.2) is 30.6 Å². The van der Waals surface area contributed by atoms with Crippen LogP contribution in [0, 0.1) is 13.8 Å². The van der Waals surface area contributed by atoms with Gasteiger partial charge in [0, 0.05) is 19.3 Å². The van der Waals surface area contributed by atoms with Gasteiger partial charge in [-0.1, -0.05) is 18.2 Å². The van der Waals surface area contributed by atoms with E-state index < -0.39 is 0 Å². The molecule has 1 amide bonds. The topological polar surface area (TPSA) is 64.2 Å². The zero-order valence-corrected chi connectivity index (χ0v) is 13.8. The van der Waals surface area contributed by atoms with Gasteiger partial charge in [-0.3, -0.25) is 9.48 Å². The molecule has 1 unspecified atom stereocenters. The van der Waals surface area contributed by atoms with Gasteiger partial charge >= 0.3 is 0 Å². The van der Waals surface area contributed by atoms with Crippen molar-refractivity contribution in [3.8, 4) is 0 Å². The molecule has 5 nitrogen and oxygen atoms in total. The highest BCUT2D eigenvalue weighted by molar-refractivity contribution is 5.94. The number of benzene rings is 1. The highest BCUT2D eigenvalue weighted by Gasteiger charge is 2.31. The zero-order chi connectivity index (χ0) is 16.4. The maximum atomic E-state index is 12.8. The summed E-state index contributed by atoms with van der Waals surface area (Å²) >= 11 is 0. The van der Waals surface area contributed by atoms with Crippen LogP contribution in [0.1, 0.15) is 45.9 Å². The molecule has 2 aromatic rings. The molecule has 1 aromatic carbocycles. The number of rotatable bonds is 4. The normalized spacial score (nSPS) is 17.7. The number of nitrogens with zero attached hydrogens (tertiary/aromatic N) is 3. The lowest BCUT2D eigenvalue weighted by atomic mass is 9.99. The number of carbonyl (C=O) groups is 1. The molecule has 1 aliphatic rings. The minimum absolute atomic E-state index is 0.0639. The molecule has 1 aliphatic heterocycles. The van der Waals surface area contributed by atoms with E-state index in [2.05, 4.69) is 37.1 Å². The number of aromatic nitrogens is 2. The molecular weight excluding hydrogens is 288 g/mol. The summed E-state index contributed by atoms with van der Waals surface area (Å²) in [6, 6.07) is 6.67. The summed E-state index contributed by atoms with van der Waals surface area (Å²) in [5, 5.41) is 4.21. The minimum Gasteiger partial charge on any atom is -0.332 e. The first-order valence-electron chi connectivity index (χ1n) is 8.21. The minimum atomic E-state index is 0.0639. The lowest BCUT2D eigenvalue weighted by Gasteiger charge is -2.25. The van der Waals surface area contributed by atoms with Gasteiger partial charge in [-0.15, -0.1) is 0 Å². The highest BCUT2D eigenvalue weighted by atomic mass is 16.2. The Kier molecular flexibility index (Phi) is 4.48. The molecule has 0 radical (unpaired) electrons. The number of carbonyl (C=O) groups excluding carboxylic acids is 1. The predicted octanol–water partition coefficient (Wildman–Crippen LogP) is 2.44. The molecule has 5 heteroatoms. The molecular formula is C18H24N4O. The molecule has 1 fully saturated rings. The van der Waals surface area contributed by atoms with Crippen molar-refractivity contribution < 1.29 is 4.79 Å². The van der Waals surface area contributed by atoms with Gasteiger partial charge in [0.2, 0.25) is 0 Å². The van der Waals surface area contributed by atoms with Crippen LogP contribution in [-0.2, 0) is 6.54 Å². The van der Waals surface area contributed by atoms with E-state index in [1.807, 2.05) is 4.90 Å². The van der Waals surface area contributed by atoms with Gasteiger partial charge in [-0.05, 0) is 43.4 Å². The van der Waals surface area contributed by atoms with Gasteiger partial charge in [-0.2, -0.15) is 5.10 Å². The van der Waals surface area contributed by atoms with Crippen molar-refractivity contribution in [2.75, 3.05) is 13.1 Å². The number of amides is 1. The molecule has 122 valence electrons. The van der Waals surface area contributed by atoms with E-state index in [4.69, 9.17) is 5.73 Å². The number of hydrogen-bond donors (Lipinski definition) is 1. The van der Waals surface area contributed by atoms with E-state index in [1.165, 1.54) is 16.7 Å². The van der Waals surface area contributed by atoms with Crippen molar-refractivity contribution in [1.29, 1.82) is 0 Å². The van der Waals surface area contributed by atoms with Crippen LogP contribution in [0.2, 0.25) is 0 Å². The molecule has 0 saturated carbocycles. The molecule has 3 rings (SSSR count). The van der Waals surface area contributed by atoms with E-state index >= 15 is 0 Å². The number of aryl methyl sites for hydroxylation is 2. The molecule has 2 heterocycles. The van der Waals surface area contributed by atoms with Crippen molar-refractivity contribution in [1.82, 2.24) is 14.7 Å². The van der Waals surface area contributed by atoms with Crippen LogP contribution in [-0.4, -0.2) is 33.7 Å². The summed E-state index contributed by atoms with van der Waals surface area (Å²) in [5.74, 6) is 0.0639. The van der Waals surface area contributed by atoms with E-state index in [-0.39, 0.29) is 11.9 Å². The molecule has 1 aromatic heterocycles. The van der Waals surface area contributed by atoms with Crippen LogP contribution in [0.25, 0.3) is 0 Å². The van der Waals surface area contributed by atoms with Gasteiger partial charge in [0.25, 0.3) is 5.91 Å². The highest BCUT2D eigenvalue weighted by Crippen LogP contribution is 2.33. The predicted molar refractivity (Wildman–Crippen MR) is 90.2 cm³/mol. The van der Waals surface area contributed by atoms with Crippen molar-refractivity contribution in [3.05, 3.63) is 52.8 Å². The Hall–Kier alpha value is -2.14. The van der Waals surface area contributed by atoms with Crippen LogP contribution in [0.4, 0.5) is 0 Å². The number of likely N-dealkylation sites (tertiary alicyclic amines) is 1. The standard InChI is InChI=1S/C18H24N4O/c1-13-5-6-15(10-14(13)2)17-4-3-8-22(17)18(23)16-11-20-21(12-16)9-7-19/h5-6,10-12,17H,3-4,7-9,19H2,1-2H3. The van der Waals surface area contributed by atoms with E-state index in [9.17, 15) is 4.79 Å². The SMILES string of the molecule is Cc1ccc(C2CCCN2C(=O)c2cnn(CCN)c2)cc1C. The molecule has 0 aliphatic carbocycles. The Balaban J connectivity index is 1.82. The van der Waals surface area contributed by atoms with Crippen LogP contribution in [0.5, 0.6) is 0 Å². The Labute approximate surface area is 137 Å². The second-order valence-electron chi connectivity index (χ2n) is 6.28. The third-order valence-electron chi connectivity index (χ3n) is 4.67. The first-order valence-corrected chi connectivity index (χ1v) is 8.21. The maximum absolute atomic E-state index is 12.8. The largest absolute Gasteiger partial charge is 0.332 e. The molecule has 2 N–H and O–H groups in total. The Morgan fingerprint density at radius 2 is 2.17 bits per heavy atom. The zero-order valence-electron chi connectivity index (χ0n) is 13.8. The summed E-state index contributed by atoms with van der Waals surface area (Å²) in [4.78, 5) is 14.8. The quantitative estimate of drug-likeness (QED) is 0.943. The summed E-state index contributed by atoms with van der Waals surface area (Å²) in [7, 11) is 0. The van der Waals surface area contributed by atoms with Crippen LogP contribution >= 0.6 is 0 Å². The number of nitrogens with two attached hydrogens (primary N) is 1. The monoisotopic (exact) mass is 312 g/mol. The van der Waals surface area contributed by atoms with E-state index in [0.717, 1.165) is 19.4 Å². The van der Waals surface area contributed by atoms with Gasteiger partial charge in [0.05, 0.1) is 24.3 Å². The van der Waals surface area contributed by atoms with E-state index in [1.54, 1.807) is 17.1 Å². The van der Waals surface area contributed by atoms with Crippen LogP contribution < -0.4 is 5.73 Å². The van der Waals surface area contributed by atoms with E-state index in [0.29, 0.717) is 18.7 Å². The Morgan fingerprint density at radius 3 is 2.91 bits per heavy atom. The van der Waals surface area contributed by atoms with Gasteiger partial charge < -0.3 is 10.6 Å². The molecule has 1 saturated heterocycles. The second-order valence-corrected chi connectivity index (χ2v) is 6.28. The Morgan fingerprint density at radius 1 is 1.35 bits per heavy atom. The lowest BCUT2D eigenvalue weighted by Crippen LogP contribution is -2.30. The van der Waals surface area contributed by atoms with Gasteiger partial charge in [-0.25, -0.2) is 0 Å². The lowest BCUT2D eigenvalue weighted by molar-refractivity contribution is 0.0735. The van der Waals surface area contributed by atoms with Crippen molar-refractivity contribution >= 4 is 5.91 Å². The second kappa shape index (κ2) is 6.54. The first-order chi connectivity index (χ1) is 11.1. The fraction of sp³-hybridized carbons (Fsp3) is 0.444. The van der Waals surface area contributed by atoms with Gasteiger partial charge in [0.15, 0.2) is 0 Å². The fourth-order valence-corrected chi connectivity index (χ4v) is 3.22. The average Bonchev–Trinajstić information content (AvgIpc) is 3.19. The third kappa shape index (κ3) is 3.15. The van der Waals surface area contributed by atoms with Crippen molar-refractivity contribution in [2.45, 2.75) is 39.3 Å². The fourth-order valence-electron chi connectivity index (χ4n) is 3.22. The Bertz CT molecular complexity index is 707. The number of hydrogen-bond acceptors (Lipinski definition) is 3. The van der Waals surface area contributed by atoms with Crippen LogP contribution in [0.3, 0.4) is 0 Å².